The molecule has 0 saturated carbocycles. The highest BCUT2D eigenvalue weighted by molar-refractivity contribution is 7.92. The van der Waals surface area contributed by atoms with Gasteiger partial charge in [-0.05, 0) is 23.7 Å². The Kier molecular flexibility index (Phi) is 4.00. The van der Waals surface area contributed by atoms with Gasteiger partial charge in [-0.15, -0.1) is 0 Å². The molecule has 11 heteroatoms. The first-order chi connectivity index (χ1) is 9.79. The first kappa shape index (κ1) is 15.1. The molecule has 0 aliphatic rings. The molecule has 2 aromatic rings. The van der Waals surface area contributed by atoms with Crippen LogP contribution in [-0.4, -0.2) is 23.3 Å². The van der Waals surface area contributed by atoms with E-state index in [1.165, 1.54) is 12.3 Å². The molecule has 110 valence electrons. The minimum atomic E-state index is -4.40. The van der Waals surface area contributed by atoms with E-state index in [1.807, 2.05) is 4.72 Å². The Morgan fingerprint density at radius 2 is 2.05 bits per heavy atom. The van der Waals surface area contributed by atoms with Gasteiger partial charge in [0.1, 0.15) is 16.5 Å². The summed E-state index contributed by atoms with van der Waals surface area (Å²) in [6.07, 6.45) is 1.19. The zero-order chi connectivity index (χ0) is 15.6. The van der Waals surface area contributed by atoms with Crippen molar-refractivity contribution in [2.45, 2.75) is 4.90 Å². The molecule has 21 heavy (non-hydrogen) atoms. The number of hydrogen-bond donors (Lipinski definition) is 1. The summed E-state index contributed by atoms with van der Waals surface area (Å²) in [6, 6.07) is 3.36. The molecule has 0 radical (unpaired) electrons. The fourth-order valence-corrected chi connectivity index (χ4v) is 2.64. The Bertz CT molecular complexity index is 814. The standard InChI is InChI=1S/C10H6ClFN4O4S/c11-10-13-4-3-9(14-10)15-21(19,20)8-5-6(16(17)18)1-2-7(8)12/h1-5H,(H,13,14,15). The molecular formula is C10H6ClFN4O4S. The van der Waals surface area contributed by atoms with Gasteiger partial charge in [-0.2, -0.15) is 4.98 Å². The van der Waals surface area contributed by atoms with Crippen LogP contribution >= 0.6 is 11.6 Å². The lowest BCUT2D eigenvalue weighted by molar-refractivity contribution is -0.385. The second-order valence-corrected chi connectivity index (χ2v) is 5.68. The molecule has 0 aliphatic carbocycles. The van der Waals surface area contributed by atoms with Crippen LogP contribution in [0.4, 0.5) is 15.9 Å². The lowest BCUT2D eigenvalue weighted by Crippen LogP contribution is -2.16. The van der Waals surface area contributed by atoms with E-state index in [1.54, 1.807) is 0 Å². The van der Waals surface area contributed by atoms with Crippen LogP contribution in [0.2, 0.25) is 5.28 Å². The number of nitro benzene ring substituents is 1. The molecule has 0 saturated heterocycles. The average molecular weight is 333 g/mol. The van der Waals surface area contributed by atoms with Crippen molar-refractivity contribution in [2.24, 2.45) is 0 Å². The molecule has 0 aliphatic heterocycles. The second kappa shape index (κ2) is 5.58. The highest BCUT2D eigenvalue weighted by atomic mass is 35.5. The number of halogens is 2. The second-order valence-electron chi connectivity index (χ2n) is 3.69. The maximum absolute atomic E-state index is 13.6. The summed E-state index contributed by atoms with van der Waals surface area (Å²) < 4.78 is 39.6. The van der Waals surface area contributed by atoms with Crippen molar-refractivity contribution in [3.63, 3.8) is 0 Å². The van der Waals surface area contributed by atoms with Gasteiger partial charge in [0, 0.05) is 18.3 Å². The van der Waals surface area contributed by atoms with Crippen LogP contribution in [0.15, 0.2) is 35.4 Å². The molecule has 8 nitrogen and oxygen atoms in total. The van der Waals surface area contributed by atoms with Gasteiger partial charge < -0.3 is 0 Å². The van der Waals surface area contributed by atoms with Crippen LogP contribution in [0.3, 0.4) is 0 Å². The molecular weight excluding hydrogens is 327 g/mol. The van der Waals surface area contributed by atoms with Gasteiger partial charge in [-0.1, -0.05) is 0 Å². The number of rotatable bonds is 4. The Labute approximate surface area is 122 Å². The first-order valence-corrected chi connectivity index (χ1v) is 7.11. The van der Waals surface area contributed by atoms with E-state index in [4.69, 9.17) is 11.6 Å². The zero-order valence-electron chi connectivity index (χ0n) is 10.0. The Hall–Kier alpha value is -2.33. The lowest BCUT2D eigenvalue weighted by Gasteiger charge is -2.07. The van der Waals surface area contributed by atoms with Crippen LogP contribution in [0.25, 0.3) is 0 Å². The summed E-state index contributed by atoms with van der Waals surface area (Å²) in [5.74, 6) is -1.32. The maximum Gasteiger partial charge on any atom is 0.271 e. The van der Waals surface area contributed by atoms with Crippen LogP contribution in [0.5, 0.6) is 0 Å². The van der Waals surface area contributed by atoms with Crippen molar-refractivity contribution in [3.05, 3.63) is 51.7 Å². The van der Waals surface area contributed by atoms with E-state index in [9.17, 15) is 22.9 Å². The van der Waals surface area contributed by atoms with Crippen LogP contribution in [-0.2, 0) is 10.0 Å². The highest BCUT2D eigenvalue weighted by Gasteiger charge is 2.23. The van der Waals surface area contributed by atoms with E-state index in [0.29, 0.717) is 12.1 Å². The predicted molar refractivity (Wildman–Crippen MR) is 70.9 cm³/mol. The molecule has 0 amide bonds. The minimum absolute atomic E-state index is 0.194. The van der Waals surface area contributed by atoms with Gasteiger partial charge in [-0.3, -0.25) is 14.8 Å². The van der Waals surface area contributed by atoms with Crippen molar-refractivity contribution < 1.29 is 17.7 Å². The van der Waals surface area contributed by atoms with Crippen LogP contribution < -0.4 is 4.72 Å². The van der Waals surface area contributed by atoms with Crippen molar-refractivity contribution in [1.82, 2.24) is 9.97 Å². The topological polar surface area (TPSA) is 115 Å². The molecule has 1 heterocycles. The quantitative estimate of drug-likeness (QED) is 0.520. The number of nitro groups is 1. The monoisotopic (exact) mass is 332 g/mol. The summed E-state index contributed by atoms with van der Waals surface area (Å²) >= 11 is 5.50. The number of nitrogens with zero attached hydrogens (tertiary/aromatic N) is 3. The number of sulfonamides is 1. The van der Waals surface area contributed by atoms with Crippen molar-refractivity contribution >= 4 is 33.1 Å². The third-order valence-corrected chi connectivity index (χ3v) is 3.83. The molecule has 1 N–H and O–H groups in total. The Morgan fingerprint density at radius 1 is 1.33 bits per heavy atom. The van der Waals surface area contributed by atoms with Gasteiger partial charge in [0.2, 0.25) is 5.28 Å². The number of aromatic nitrogens is 2. The van der Waals surface area contributed by atoms with Crippen molar-refractivity contribution in [3.8, 4) is 0 Å². The number of non-ortho nitro benzene ring substituents is 1. The van der Waals surface area contributed by atoms with Crippen LogP contribution in [0.1, 0.15) is 0 Å². The largest absolute Gasteiger partial charge is 0.271 e. The van der Waals surface area contributed by atoms with E-state index in [-0.39, 0.29) is 11.1 Å². The summed E-state index contributed by atoms with van der Waals surface area (Å²) in [5.41, 5.74) is -0.558. The molecule has 0 unspecified atom stereocenters. The van der Waals surface area contributed by atoms with Crippen molar-refractivity contribution in [1.29, 1.82) is 0 Å². The SMILES string of the molecule is O=[N+]([O-])c1ccc(F)c(S(=O)(=O)Nc2ccnc(Cl)n2)c1. The number of anilines is 1. The summed E-state index contributed by atoms with van der Waals surface area (Å²) in [6.45, 7) is 0. The van der Waals surface area contributed by atoms with E-state index >= 15 is 0 Å². The summed E-state index contributed by atoms with van der Waals surface area (Å²) in [7, 11) is -4.40. The average Bonchev–Trinajstić information content (AvgIpc) is 2.38. The molecule has 0 atom stereocenters. The third kappa shape index (κ3) is 3.41. The van der Waals surface area contributed by atoms with Gasteiger partial charge in [0.25, 0.3) is 15.7 Å². The maximum atomic E-state index is 13.6. The normalized spacial score (nSPS) is 11.1. The number of hydrogen-bond acceptors (Lipinski definition) is 6. The molecule has 1 aromatic heterocycles. The molecule has 1 aromatic carbocycles. The van der Waals surface area contributed by atoms with Gasteiger partial charge in [-0.25, -0.2) is 17.8 Å². The highest BCUT2D eigenvalue weighted by Crippen LogP contribution is 2.23. The number of benzene rings is 1. The fraction of sp³-hybridized carbons (Fsp3) is 0. The smallest absolute Gasteiger partial charge is 0.263 e. The third-order valence-electron chi connectivity index (χ3n) is 2.28. The van der Waals surface area contributed by atoms with E-state index in [2.05, 4.69) is 9.97 Å². The molecule has 0 bridgehead atoms. The molecule has 0 spiro atoms. The Balaban J connectivity index is 2.44. The van der Waals surface area contributed by atoms with E-state index < -0.39 is 31.3 Å². The molecule has 0 fully saturated rings. The minimum Gasteiger partial charge on any atom is -0.263 e. The zero-order valence-corrected chi connectivity index (χ0v) is 11.6. The van der Waals surface area contributed by atoms with Gasteiger partial charge in [0.05, 0.1) is 4.92 Å². The lowest BCUT2D eigenvalue weighted by atomic mass is 10.3. The van der Waals surface area contributed by atoms with E-state index in [0.717, 1.165) is 6.07 Å². The molecule has 2 rings (SSSR count). The fourth-order valence-electron chi connectivity index (χ4n) is 1.40. The van der Waals surface area contributed by atoms with Crippen molar-refractivity contribution in [2.75, 3.05) is 4.72 Å². The predicted octanol–water partition coefficient (Wildman–Crippen LogP) is 1.98. The summed E-state index contributed by atoms with van der Waals surface area (Å²) in [4.78, 5) is 16.1. The van der Waals surface area contributed by atoms with Crippen LogP contribution in [0, 0.1) is 15.9 Å². The van der Waals surface area contributed by atoms with Gasteiger partial charge in [0.15, 0.2) is 0 Å². The first-order valence-electron chi connectivity index (χ1n) is 5.25. The summed E-state index contributed by atoms with van der Waals surface area (Å²) in [5, 5.41) is 10.4. The Morgan fingerprint density at radius 3 is 2.67 bits per heavy atom. The number of nitrogens with one attached hydrogen (secondary N) is 1. The van der Waals surface area contributed by atoms with Gasteiger partial charge >= 0.3 is 0 Å².